The van der Waals surface area contributed by atoms with Crippen LogP contribution < -0.4 is 5.32 Å². The number of para-hydroxylation sites is 1. The molecule has 0 saturated carbocycles. The fourth-order valence-corrected chi connectivity index (χ4v) is 3.10. The first-order chi connectivity index (χ1) is 10.7. The van der Waals surface area contributed by atoms with E-state index in [1.807, 2.05) is 55.5 Å². The van der Waals surface area contributed by atoms with E-state index in [-0.39, 0.29) is 5.91 Å². The largest absolute Gasteiger partial charge is 0.326 e. The van der Waals surface area contributed by atoms with Gasteiger partial charge in [0.1, 0.15) is 5.01 Å². The Hall–Kier alpha value is -2.53. The van der Waals surface area contributed by atoms with E-state index in [1.54, 1.807) is 6.20 Å². The van der Waals surface area contributed by atoms with Crippen LogP contribution in [0.1, 0.15) is 10.6 Å². The van der Waals surface area contributed by atoms with Crippen LogP contribution in [0.25, 0.3) is 10.7 Å². The quantitative estimate of drug-likeness (QED) is 0.799. The Labute approximate surface area is 132 Å². The molecule has 0 spiro atoms. The maximum absolute atomic E-state index is 12.1. The number of amides is 1. The average Bonchev–Trinajstić information content (AvgIpc) is 2.90. The molecule has 2 aromatic heterocycles. The van der Waals surface area contributed by atoms with Crippen molar-refractivity contribution in [2.75, 3.05) is 5.32 Å². The first-order valence-electron chi connectivity index (χ1n) is 6.95. The zero-order valence-electron chi connectivity index (χ0n) is 12.1. The standard InChI is InChI=1S/C17H15N3OS/c1-12-15(11-16(21)20-13-7-3-2-4-8-13)22-17(19-12)14-9-5-6-10-18-14/h2-10H,11H2,1H3,(H,20,21). The number of thiazole rings is 1. The summed E-state index contributed by atoms with van der Waals surface area (Å²) in [6.07, 6.45) is 2.07. The average molecular weight is 309 g/mol. The van der Waals surface area contributed by atoms with E-state index in [2.05, 4.69) is 15.3 Å². The number of carbonyl (C=O) groups excluding carboxylic acids is 1. The highest BCUT2D eigenvalue weighted by atomic mass is 32.1. The highest BCUT2D eigenvalue weighted by Gasteiger charge is 2.13. The molecule has 0 aliphatic heterocycles. The highest BCUT2D eigenvalue weighted by Crippen LogP contribution is 2.26. The van der Waals surface area contributed by atoms with Crippen LogP contribution >= 0.6 is 11.3 Å². The molecule has 0 radical (unpaired) electrons. The van der Waals surface area contributed by atoms with Crippen LogP contribution in [0.15, 0.2) is 54.7 Å². The number of anilines is 1. The van der Waals surface area contributed by atoms with Crippen LogP contribution in [-0.2, 0) is 11.2 Å². The van der Waals surface area contributed by atoms with E-state index in [4.69, 9.17) is 0 Å². The summed E-state index contributed by atoms with van der Waals surface area (Å²) in [6, 6.07) is 15.2. The topological polar surface area (TPSA) is 54.9 Å². The second kappa shape index (κ2) is 6.49. The molecule has 0 saturated heterocycles. The number of aryl methyl sites for hydroxylation is 1. The third kappa shape index (κ3) is 3.38. The summed E-state index contributed by atoms with van der Waals surface area (Å²) in [6.45, 7) is 1.92. The molecule has 0 fully saturated rings. The summed E-state index contributed by atoms with van der Waals surface area (Å²) in [5.74, 6) is -0.0366. The Morgan fingerprint density at radius 1 is 1.14 bits per heavy atom. The van der Waals surface area contributed by atoms with E-state index in [9.17, 15) is 4.79 Å². The first-order valence-corrected chi connectivity index (χ1v) is 7.76. The van der Waals surface area contributed by atoms with E-state index >= 15 is 0 Å². The van der Waals surface area contributed by atoms with Crippen LogP contribution in [0.2, 0.25) is 0 Å². The van der Waals surface area contributed by atoms with Gasteiger partial charge in [-0.2, -0.15) is 0 Å². The predicted octanol–water partition coefficient (Wildman–Crippen LogP) is 3.69. The molecular formula is C17H15N3OS. The molecule has 0 unspecified atom stereocenters. The van der Waals surface area contributed by atoms with Gasteiger partial charge in [0.25, 0.3) is 0 Å². The van der Waals surface area contributed by atoms with Crippen molar-refractivity contribution in [2.24, 2.45) is 0 Å². The lowest BCUT2D eigenvalue weighted by molar-refractivity contribution is -0.115. The molecule has 3 aromatic rings. The number of rotatable bonds is 4. The minimum Gasteiger partial charge on any atom is -0.326 e. The normalized spacial score (nSPS) is 10.4. The molecule has 5 heteroatoms. The van der Waals surface area contributed by atoms with Gasteiger partial charge < -0.3 is 5.32 Å². The summed E-state index contributed by atoms with van der Waals surface area (Å²) < 4.78 is 0. The number of pyridine rings is 1. The molecule has 1 N–H and O–H groups in total. The van der Waals surface area contributed by atoms with Crippen molar-refractivity contribution in [1.82, 2.24) is 9.97 Å². The monoisotopic (exact) mass is 309 g/mol. The minimum atomic E-state index is -0.0366. The second-order valence-corrected chi connectivity index (χ2v) is 5.92. The number of hydrogen-bond acceptors (Lipinski definition) is 4. The molecule has 0 aliphatic rings. The first kappa shape index (κ1) is 14.4. The van der Waals surface area contributed by atoms with Crippen molar-refractivity contribution in [3.63, 3.8) is 0 Å². The molecule has 4 nitrogen and oxygen atoms in total. The smallest absolute Gasteiger partial charge is 0.229 e. The number of benzene rings is 1. The SMILES string of the molecule is Cc1nc(-c2ccccn2)sc1CC(=O)Nc1ccccc1. The Morgan fingerprint density at radius 2 is 1.91 bits per heavy atom. The minimum absolute atomic E-state index is 0.0366. The third-order valence-electron chi connectivity index (χ3n) is 3.16. The van der Waals surface area contributed by atoms with Crippen molar-refractivity contribution < 1.29 is 4.79 Å². The van der Waals surface area contributed by atoms with Gasteiger partial charge in [-0.1, -0.05) is 24.3 Å². The molecule has 3 rings (SSSR count). The molecule has 1 aromatic carbocycles. The van der Waals surface area contributed by atoms with Gasteiger partial charge in [0.2, 0.25) is 5.91 Å². The van der Waals surface area contributed by atoms with Gasteiger partial charge in [0.05, 0.1) is 17.8 Å². The van der Waals surface area contributed by atoms with Crippen LogP contribution in [0.3, 0.4) is 0 Å². The molecule has 22 heavy (non-hydrogen) atoms. The van der Waals surface area contributed by atoms with E-state index in [1.165, 1.54) is 11.3 Å². The Bertz CT molecular complexity index is 769. The second-order valence-electron chi connectivity index (χ2n) is 4.83. The fraction of sp³-hybridized carbons (Fsp3) is 0.118. The van der Waals surface area contributed by atoms with Crippen molar-refractivity contribution in [3.05, 3.63) is 65.3 Å². The lowest BCUT2D eigenvalue weighted by Crippen LogP contribution is -2.14. The van der Waals surface area contributed by atoms with Crippen LogP contribution in [0.4, 0.5) is 5.69 Å². The van der Waals surface area contributed by atoms with Crippen molar-refractivity contribution in [2.45, 2.75) is 13.3 Å². The summed E-state index contributed by atoms with van der Waals surface area (Å²) >= 11 is 1.52. The summed E-state index contributed by atoms with van der Waals surface area (Å²) in [4.78, 5) is 21.9. The Balaban J connectivity index is 1.73. The fourth-order valence-electron chi connectivity index (χ4n) is 2.06. The molecule has 1 amide bonds. The van der Waals surface area contributed by atoms with Gasteiger partial charge in [-0.25, -0.2) is 4.98 Å². The molecule has 0 aliphatic carbocycles. The van der Waals surface area contributed by atoms with E-state index < -0.39 is 0 Å². The zero-order chi connectivity index (χ0) is 15.4. The van der Waals surface area contributed by atoms with E-state index in [0.717, 1.165) is 27.0 Å². The highest BCUT2D eigenvalue weighted by molar-refractivity contribution is 7.15. The number of nitrogens with one attached hydrogen (secondary N) is 1. The summed E-state index contributed by atoms with van der Waals surface area (Å²) in [5, 5.41) is 3.74. The molecule has 0 atom stereocenters. The maximum Gasteiger partial charge on any atom is 0.229 e. The maximum atomic E-state index is 12.1. The number of nitrogens with zero attached hydrogens (tertiary/aromatic N) is 2. The molecule has 0 bridgehead atoms. The van der Waals surface area contributed by atoms with Gasteiger partial charge in [-0.3, -0.25) is 9.78 Å². The number of hydrogen-bond donors (Lipinski definition) is 1. The molecule has 110 valence electrons. The van der Waals surface area contributed by atoms with Gasteiger partial charge in [0, 0.05) is 16.8 Å². The lowest BCUT2D eigenvalue weighted by atomic mass is 10.2. The van der Waals surface area contributed by atoms with Gasteiger partial charge >= 0.3 is 0 Å². The van der Waals surface area contributed by atoms with Crippen LogP contribution in [0, 0.1) is 6.92 Å². The number of aromatic nitrogens is 2. The van der Waals surface area contributed by atoms with Crippen LogP contribution in [0.5, 0.6) is 0 Å². The Morgan fingerprint density at radius 3 is 2.64 bits per heavy atom. The van der Waals surface area contributed by atoms with Gasteiger partial charge in [-0.15, -0.1) is 11.3 Å². The summed E-state index contributed by atoms with van der Waals surface area (Å²) in [5.41, 5.74) is 2.53. The molecule has 2 heterocycles. The van der Waals surface area contributed by atoms with Gasteiger partial charge in [-0.05, 0) is 31.2 Å². The predicted molar refractivity (Wildman–Crippen MR) is 88.9 cm³/mol. The van der Waals surface area contributed by atoms with Crippen LogP contribution in [-0.4, -0.2) is 15.9 Å². The molecular weight excluding hydrogens is 294 g/mol. The van der Waals surface area contributed by atoms with Crippen molar-refractivity contribution >= 4 is 22.9 Å². The Kier molecular flexibility index (Phi) is 4.25. The van der Waals surface area contributed by atoms with E-state index in [0.29, 0.717) is 6.42 Å². The lowest BCUT2D eigenvalue weighted by Gasteiger charge is -2.03. The third-order valence-corrected chi connectivity index (χ3v) is 4.34. The van der Waals surface area contributed by atoms with Crippen molar-refractivity contribution in [3.8, 4) is 10.7 Å². The summed E-state index contributed by atoms with van der Waals surface area (Å²) in [7, 11) is 0. The van der Waals surface area contributed by atoms with Crippen molar-refractivity contribution in [1.29, 1.82) is 0 Å². The number of carbonyl (C=O) groups is 1. The zero-order valence-corrected chi connectivity index (χ0v) is 12.9. The van der Waals surface area contributed by atoms with Gasteiger partial charge in [0.15, 0.2) is 0 Å².